The van der Waals surface area contributed by atoms with E-state index in [1.165, 1.54) is 0 Å². The van der Waals surface area contributed by atoms with Crippen LogP contribution in [-0.2, 0) is 0 Å². The first-order valence-corrected chi connectivity index (χ1v) is 6.13. The highest BCUT2D eigenvalue weighted by Crippen LogP contribution is 2.33. The number of aromatic nitrogens is 3. The van der Waals surface area contributed by atoms with Gasteiger partial charge < -0.3 is 15.2 Å². The number of halogens is 2. The number of nitrogen functional groups attached to an aromatic ring is 1. The Morgan fingerprint density at radius 3 is 2.58 bits per heavy atom. The van der Waals surface area contributed by atoms with Crippen molar-refractivity contribution in [3.63, 3.8) is 0 Å². The van der Waals surface area contributed by atoms with Gasteiger partial charge in [-0.25, -0.2) is 0 Å². The largest absolute Gasteiger partial charge is 0.396 e. The molecular weight excluding hydrogens is 287 g/mol. The molecular formula is C12H8Cl2N4O. The molecule has 0 aliphatic heterocycles. The molecule has 0 radical (unpaired) electrons. The van der Waals surface area contributed by atoms with Gasteiger partial charge in [0.15, 0.2) is 0 Å². The van der Waals surface area contributed by atoms with E-state index in [1.807, 2.05) is 12.1 Å². The Hall–Kier alpha value is -1.98. The van der Waals surface area contributed by atoms with Crippen LogP contribution in [0.15, 0.2) is 35.0 Å². The zero-order valence-electron chi connectivity index (χ0n) is 9.52. The average Bonchev–Trinajstić information content (AvgIpc) is 3.05. The zero-order chi connectivity index (χ0) is 13.4. The van der Waals surface area contributed by atoms with Crippen LogP contribution in [0.4, 0.5) is 5.69 Å². The Balaban J connectivity index is 2.04. The van der Waals surface area contributed by atoms with Crippen LogP contribution in [0.5, 0.6) is 0 Å². The lowest BCUT2D eigenvalue weighted by Crippen LogP contribution is -1.89. The number of hydrogen-bond donors (Lipinski definition) is 2. The number of nitrogens with two attached hydrogens (primary N) is 1. The van der Waals surface area contributed by atoms with E-state index in [2.05, 4.69) is 15.1 Å². The Kier molecular flexibility index (Phi) is 2.93. The van der Waals surface area contributed by atoms with E-state index in [0.717, 1.165) is 5.69 Å². The van der Waals surface area contributed by atoms with Gasteiger partial charge in [-0.05, 0) is 24.3 Å². The summed E-state index contributed by atoms with van der Waals surface area (Å²) in [5.74, 6) is 0.789. The Morgan fingerprint density at radius 1 is 1.21 bits per heavy atom. The quantitative estimate of drug-likeness (QED) is 0.707. The van der Waals surface area contributed by atoms with E-state index in [-0.39, 0.29) is 0 Å². The third kappa shape index (κ3) is 2.18. The maximum absolute atomic E-state index is 5.97. The van der Waals surface area contributed by atoms with E-state index in [0.29, 0.717) is 33.0 Å². The van der Waals surface area contributed by atoms with Crippen LogP contribution in [0.1, 0.15) is 0 Å². The molecule has 1 aromatic carbocycles. The van der Waals surface area contributed by atoms with Gasteiger partial charge in [-0.1, -0.05) is 28.4 Å². The molecule has 0 saturated heterocycles. The summed E-state index contributed by atoms with van der Waals surface area (Å²) in [7, 11) is 0. The summed E-state index contributed by atoms with van der Waals surface area (Å²) in [6.07, 6.45) is 1.78. The van der Waals surface area contributed by atoms with Crippen LogP contribution >= 0.6 is 23.2 Å². The summed E-state index contributed by atoms with van der Waals surface area (Å²) in [6.45, 7) is 0. The van der Waals surface area contributed by atoms with Crippen molar-refractivity contribution in [2.45, 2.75) is 0 Å². The second kappa shape index (κ2) is 4.60. The second-order valence-electron chi connectivity index (χ2n) is 3.86. The first-order chi connectivity index (χ1) is 9.15. The molecule has 7 heteroatoms. The fourth-order valence-corrected chi connectivity index (χ4v) is 2.11. The fourth-order valence-electron chi connectivity index (χ4n) is 1.63. The smallest absolute Gasteiger partial charge is 0.258 e. The Bertz CT molecular complexity index is 698. The van der Waals surface area contributed by atoms with Crippen molar-refractivity contribution in [2.24, 2.45) is 0 Å². The Labute approximate surface area is 118 Å². The molecule has 0 unspecified atom stereocenters. The minimum atomic E-state index is 0.327. The molecule has 2 aromatic heterocycles. The van der Waals surface area contributed by atoms with Crippen molar-refractivity contribution >= 4 is 28.9 Å². The van der Waals surface area contributed by atoms with Gasteiger partial charge in [0.2, 0.25) is 5.82 Å². The minimum Gasteiger partial charge on any atom is -0.396 e. The minimum absolute atomic E-state index is 0.327. The number of aromatic amines is 1. The molecule has 0 aliphatic rings. The van der Waals surface area contributed by atoms with Crippen molar-refractivity contribution in [1.82, 2.24) is 15.1 Å². The topological polar surface area (TPSA) is 80.7 Å². The van der Waals surface area contributed by atoms with E-state index >= 15 is 0 Å². The molecule has 5 nitrogen and oxygen atoms in total. The molecule has 0 amide bonds. The molecule has 0 saturated carbocycles. The van der Waals surface area contributed by atoms with Gasteiger partial charge in [0.25, 0.3) is 5.89 Å². The van der Waals surface area contributed by atoms with Crippen molar-refractivity contribution in [1.29, 1.82) is 0 Å². The zero-order valence-corrected chi connectivity index (χ0v) is 11.0. The number of benzene rings is 1. The molecule has 3 aromatic rings. The summed E-state index contributed by atoms with van der Waals surface area (Å²) in [5, 5.41) is 4.58. The monoisotopic (exact) mass is 294 g/mol. The van der Waals surface area contributed by atoms with Gasteiger partial charge in [-0.2, -0.15) is 4.98 Å². The number of H-pyrrole nitrogens is 1. The van der Waals surface area contributed by atoms with Crippen molar-refractivity contribution in [2.75, 3.05) is 5.73 Å². The lowest BCUT2D eigenvalue weighted by Gasteiger charge is -2.02. The van der Waals surface area contributed by atoms with Crippen LogP contribution < -0.4 is 5.73 Å². The fraction of sp³-hybridized carbons (Fsp3) is 0. The van der Waals surface area contributed by atoms with E-state index in [1.54, 1.807) is 18.3 Å². The standard InChI is InChI=1S/C12H8Cl2N4O/c13-7-4-6(5-8(14)10(7)15)12-17-11(18-19-12)9-2-1-3-16-9/h1-5,16H,15H2. The third-order valence-corrected chi connectivity index (χ3v) is 3.22. The lowest BCUT2D eigenvalue weighted by atomic mass is 10.2. The predicted octanol–water partition coefficient (Wildman–Crippen LogP) is 3.62. The number of hydrogen-bond acceptors (Lipinski definition) is 4. The molecule has 2 heterocycles. The molecule has 19 heavy (non-hydrogen) atoms. The van der Waals surface area contributed by atoms with Crippen LogP contribution in [-0.4, -0.2) is 15.1 Å². The number of nitrogens with zero attached hydrogens (tertiary/aromatic N) is 2. The number of nitrogens with one attached hydrogen (secondary N) is 1. The van der Waals surface area contributed by atoms with Crippen LogP contribution in [0, 0.1) is 0 Å². The summed E-state index contributed by atoms with van der Waals surface area (Å²) >= 11 is 11.9. The van der Waals surface area contributed by atoms with E-state index < -0.39 is 0 Å². The van der Waals surface area contributed by atoms with Gasteiger partial charge in [0, 0.05) is 11.8 Å². The maximum Gasteiger partial charge on any atom is 0.258 e. The van der Waals surface area contributed by atoms with E-state index in [4.69, 9.17) is 33.5 Å². The van der Waals surface area contributed by atoms with Gasteiger partial charge in [0.05, 0.1) is 21.4 Å². The van der Waals surface area contributed by atoms with Crippen molar-refractivity contribution < 1.29 is 4.52 Å². The summed E-state index contributed by atoms with van der Waals surface area (Å²) in [6, 6.07) is 6.96. The van der Waals surface area contributed by atoms with Crippen molar-refractivity contribution in [3.8, 4) is 23.0 Å². The first kappa shape index (κ1) is 12.1. The lowest BCUT2D eigenvalue weighted by molar-refractivity contribution is 0.432. The second-order valence-corrected chi connectivity index (χ2v) is 4.67. The normalized spacial score (nSPS) is 10.8. The molecule has 3 N–H and O–H groups in total. The summed E-state index contributed by atoms with van der Waals surface area (Å²) in [4.78, 5) is 7.26. The number of rotatable bonds is 2. The highest BCUT2D eigenvalue weighted by Gasteiger charge is 2.14. The third-order valence-electron chi connectivity index (χ3n) is 2.59. The molecule has 0 spiro atoms. The van der Waals surface area contributed by atoms with Gasteiger partial charge in [-0.3, -0.25) is 0 Å². The molecule has 0 atom stereocenters. The molecule has 0 fully saturated rings. The number of anilines is 1. The Morgan fingerprint density at radius 2 is 1.95 bits per heavy atom. The molecule has 96 valence electrons. The summed E-state index contributed by atoms with van der Waals surface area (Å²) in [5.41, 5.74) is 7.39. The predicted molar refractivity (Wildman–Crippen MR) is 74.0 cm³/mol. The van der Waals surface area contributed by atoms with Gasteiger partial charge in [-0.15, -0.1) is 0 Å². The van der Waals surface area contributed by atoms with Gasteiger partial charge in [0.1, 0.15) is 0 Å². The highest BCUT2D eigenvalue weighted by molar-refractivity contribution is 6.39. The SMILES string of the molecule is Nc1c(Cl)cc(-c2nc(-c3ccc[nH]3)no2)cc1Cl. The first-order valence-electron chi connectivity index (χ1n) is 5.37. The van der Waals surface area contributed by atoms with Gasteiger partial charge >= 0.3 is 0 Å². The van der Waals surface area contributed by atoms with Crippen LogP contribution in [0.25, 0.3) is 23.0 Å². The van der Waals surface area contributed by atoms with Crippen LogP contribution in [0.2, 0.25) is 10.0 Å². The average molecular weight is 295 g/mol. The molecule has 0 bridgehead atoms. The van der Waals surface area contributed by atoms with E-state index in [9.17, 15) is 0 Å². The van der Waals surface area contributed by atoms with Crippen molar-refractivity contribution in [3.05, 3.63) is 40.5 Å². The summed E-state index contributed by atoms with van der Waals surface area (Å²) < 4.78 is 5.19. The van der Waals surface area contributed by atoms with Crippen LogP contribution in [0.3, 0.4) is 0 Å². The molecule has 0 aliphatic carbocycles. The maximum atomic E-state index is 5.97. The highest BCUT2D eigenvalue weighted by atomic mass is 35.5. The molecule has 3 rings (SSSR count).